The van der Waals surface area contributed by atoms with Gasteiger partial charge >= 0.3 is 5.97 Å². The molecule has 2 aromatic rings. The van der Waals surface area contributed by atoms with Gasteiger partial charge in [-0.2, -0.15) is 0 Å². The minimum absolute atomic E-state index is 0.0579. The Morgan fingerprint density at radius 3 is 2.86 bits per heavy atom. The molecule has 3 rings (SSSR count). The molecule has 0 fully saturated rings. The maximum Gasteiger partial charge on any atom is 0.346 e. The molecular weight excluding hydrogens is 286 g/mol. The highest BCUT2D eigenvalue weighted by Crippen LogP contribution is 2.29. The Morgan fingerprint density at radius 2 is 2.05 bits per heavy atom. The maximum atomic E-state index is 12.4. The van der Waals surface area contributed by atoms with Crippen LogP contribution in [-0.4, -0.2) is 17.0 Å². The van der Waals surface area contributed by atoms with Crippen molar-refractivity contribution in [2.24, 2.45) is 0 Å². The molecule has 21 heavy (non-hydrogen) atoms. The average molecular weight is 301 g/mol. The largest absolute Gasteiger partial charge is 0.477 e. The highest BCUT2D eigenvalue weighted by Gasteiger charge is 2.24. The third-order valence-electron chi connectivity index (χ3n) is 3.69. The Hall–Kier alpha value is -2.14. The van der Waals surface area contributed by atoms with Gasteiger partial charge in [0, 0.05) is 12.1 Å². The number of aryl methyl sites for hydroxylation is 1. The van der Waals surface area contributed by atoms with Gasteiger partial charge in [-0.05, 0) is 41.5 Å². The molecule has 0 aliphatic carbocycles. The summed E-state index contributed by atoms with van der Waals surface area (Å²) >= 11 is 1.20. The summed E-state index contributed by atoms with van der Waals surface area (Å²) in [6, 6.07) is 9.64. The summed E-state index contributed by atoms with van der Waals surface area (Å²) in [6.45, 7) is 0.320. The minimum Gasteiger partial charge on any atom is -0.477 e. The second kappa shape index (κ2) is 5.69. The number of thiophene rings is 1. The van der Waals surface area contributed by atoms with E-state index in [2.05, 4.69) is 0 Å². The molecule has 1 amide bonds. The van der Waals surface area contributed by atoms with Gasteiger partial charge in [0.25, 0.3) is 0 Å². The van der Waals surface area contributed by atoms with Crippen molar-refractivity contribution in [3.8, 4) is 0 Å². The number of benzene rings is 1. The molecule has 1 aromatic carbocycles. The van der Waals surface area contributed by atoms with Crippen molar-refractivity contribution < 1.29 is 14.7 Å². The van der Waals surface area contributed by atoms with Crippen LogP contribution in [0, 0.1) is 0 Å². The van der Waals surface area contributed by atoms with E-state index in [1.54, 1.807) is 16.3 Å². The quantitative estimate of drug-likeness (QED) is 0.946. The Bertz CT molecular complexity index is 692. The first-order valence-electron chi connectivity index (χ1n) is 6.85. The summed E-state index contributed by atoms with van der Waals surface area (Å²) in [5.41, 5.74) is 2.75. The minimum atomic E-state index is -0.935. The average Bonchev–Trinajstić information content (AvgIpc) is 2.87. The highest BCUT2D eigenvalue weighted by molar-refractivity contribution is 7.12. The van der Waals surface area contributed by atoms with Gasteiger partial charge in [0.05, 0.1) is 6.54 Å². The zero-order chi connectivity index (χ0) is 14.8. The molecule has 2 heterocycles. The molecule has 0 atom stereocenters. The van der Waals surface area contributed by atoms with Crippen LogP contribution in [0.5, 0.6) is 0 Å². The van der Waals surface area contributed by atoms with Crippen LogP contribution in [-0.2, 0) is 17.8 Å². The number of carbonyl (C=O) groups is 2. The fourth-order valence-corrected chi connectivity index (χ4v) is 3.43. The zero-order valence-electron chi connectivity index (χ0n) is 11.4. The molecule has 1 aliphatic heterocycles. The lowest BCUT2D eigenvalue weighted by atomic mass is 10.1. The topological polar surface area (TPSA) is 57.6 Å². The molecular formula is C16H15NO3S. The van der Waals surface area contributed by atoms with Crippen LogP contribution in [0.25, 0.3) is 0 Å². The van der Waals surface area contributed by atoms with Crippen LogP contribution in [0.4, 0.5) is 5.69 Å². The monoisotopic (exact) mass is 301 g/mol. The first kappa shape index (κ1) is 13.8. The molecule has 5 heteroatoms. The van der Waals surface area contributed by atoms with E-state index >= 15 is 0 Å². The summed E-state index contributed by atoms with van der Waals surface area (Å²) in [4.78, 5) is 25.6. The van der Waals surface area contributed by atoms with E-state index < -0.39 is 5.97 Å². The Labute approximate surface area is 126 Å². The van der Waals surface area contributed by atoms with Crippen molar-refractivity contribution in [1.82, 2.24) is 0 Å². The fourth-order valence-electron chi connectivity index (χ4n) is 2.68. The van der Waals surface area contributed by atoms with Crippen LogP contribution < -0.4 is 4.90 Å². The number of amides is 1. The van der Waals surface area contributed by atoms with Gasteiger partial charge in [0.1, 0.15) is 4.88 Å². The molecule has 1 aromatic heterocycles. The van der Waals surface area contributed by atoms with Crippen molar-refractivity contribution in [2.75, 3.05) is 4.90 Å². The number of rotatable bonds is 3. The predicted molar refractivity (Wildman–Crippen MR) is 81.8 cm³/mol. The lowest BCUT2D eigenvalue weighted by molar-refractivity contribution is -0.118. The normalized spacial score (nSPS) is 14.7. The van der Waals surface area contributed by atoms with E-state index in [0.717, 1.165) is 24.1 Å². The van der Waals surface area contributed by atoms with Gasteiger partial charge in [0.15, 0.2) is 0 Å². The van der Waals surface area contributed by atoms with E-state index in [1.807, 2.05) is 24.3 Å². The molecule has 0 radical (unpaired) electrons. The maximum absolute atomic E-state index is 12.4. The molecule has 108 valence electrons. The van der Waals surface area contributed by atoms with Crippen molar-refractivity contribution in [1.29, 1.82) is 0 Å². The third kappa shape index (κ3) is 2.69. The summed E-state index contributed by atoms with van der Waals surface area (Å²) in [5, 5.41) is 11.0. The SMILES string of the molecule is O=C(O)c1sccc1CN1C(=O)CCCc2ccccc21. The molecule has 0 saturated heterocycles. The van der Waals surface area contributed by atoms with Crippen LogP contribution >= 0.6 is 11.3 Å². The van der Waals surface area contributed by atoms with Gasteiger partial charge < -0.3 is 10.0 Å². The van der Waals surface area contributed by atoms with E-state index in [9.17, 15) is 14.7 Å². The number of fused-ring (bicyclic) bond motifs is 1. The lowest BCUT2D eigenvalue weighted by Gasteiger charge is -2.23. The number of nitrogens with zero attached hydrogens (tertiary/aromatic N) is 1. The number of para-hydroxylation sites is 1. The van der Waals surface area contributed by atoms with Gasteiger partial charge in [0.2, 0.25) is 5.91 Å². The second-order valence-corrected chi connectivity index (χ2v) is 5.96. The summed E-state index contributed by atoms with van der Waals surface area (Å²) in [6.07, 6.45) is 2.22. The van der Waals surface area contributed by atoms with Crippen molar-refractivity contribution in [2.45, 2.75) is 25.8 Å². The van der Waals surface area contributed by atoms with Crippen molar-refractivity contribution in [3.63, 3.8) is 0 Å². The van der Waals surface area contributed by atoms with Crippen LogP contribution in [0.15, 0.2) is 35.7 Å². The second-order valence-electron chi connectivity index (χ2n) is 5.04. The fraction of sp³-hybridized carbons (Fsp3) is 0.250. The molecule has 0 spiro atoms. The van der Waals surface area contributed by atoms with E-state index in [-0.39, 0.29) is 5.91 Å². The van der Waals surface area contributed by atoms with Crippen LogP contribution in [0.3, 0.4) is 0 Å². The Balaban J connectivity index is 1.98. The molecule has 1 aliphatic rings. The smallest absolute Gasteiger partial charge is 0.346 e. The van der Waals surface area contributed by atoms with Gasteiger partial charge in [-0.15, -0.1) is 11.3 Å². The number of carbonyl (C=O) groups excluding carboxylic acids is 1. The first-order chi connectivity index (χ1) is 10.2. The Morgan fingerprint density at radius 1 is 1.24 bits per heavy atom. The van der Waals surface area contributed by atoms with Gasteiger partial charge in [-0.1, -0.05) is 18.2 Å². The molecule has 4 nitrogen and oxygen atoms in total. The van der Waals surface area contributed by atoms with Gasteiger partial charge in [-0.3, -0.25) is 4.79 Å². The number of hydrogen-bond donors (Lipinski definition) is 1. The summed E-state index contributed by atoms with van der Waals surface area (Å²) < 4.78 is 0. The summed E-state index contributed by atoms with van der Waals surface area (Å²) in [7, 11) is 0. The zero-order valence-corrected chi connectivity index (χ0v) is 12.2. The number of aromatic carboxylic acids is 1. The van der Waals surface area contributed by atoms with E-state index in [1.165, 1.54) is 11.3 Å². The number of carboxylic acid groups (broad SMARTS) is 1. The summed E-state index contributed by atoms with van der Waals surface area (Å²) in [5.74, 6) is -0.877. The van der Waals surface area contributed by atoms with Gasteiger partial charge in [-0.25, -0.2) is 4.79 Å². The third-order valence-corrected chi connectivity index (χ3v) is 4.63. The standard InChI is InChI=1S/C16H15NO3S/c18-14-7-3-5-11-4-1-2-6-13(11)17(14)10-12-8-9-21-15(12)16(19)20/h1-2,4,6,8-9H,3,5,7,10H2,(H,19,20). The van der Waals surface area contributed by atoms with Crippen molar-refractivity contribution in [3.05, 3.63) is 51.7 Å². The number of anilines is 1. The lowest BCUT2D eigenvalue weighted by Crippen LogP contribution is -2.30. The predicted octanol–water partition coefficient (Wildman–Crippen LogP) is 3.32. The molecule has 1 N–H and O–H groups in total. The van der Waals surface area contributed by atoms with Crippen LogP contribution in [0.2, 0.25) is 0 Å². The molecule has 0 saturated carbocycles. The number of carboxylic acids is 1. The van der Waals surface area contributed by atoms with Crippen molar-refractivity contribution >= 4 is 28.9 Å². The Kier molecular flexibility index (Phi) is 3.75. The molecule has 0 unspecified atom stereocenters. The molecule has 0 bridgehead atoms. The van der Waals surface area contributed by atoms with E-state index in [4.69, 9.17) is 0 Å². The van der Waals surface area contributed by atoms with E-state index in [0.29, 0.717) is 23.4 Å². The highest BCUT2D eigenvalue weighted by atomic mass is 32.1. The number of hydrogen-bond acceptors (Lipinski definition) is 3. The first-order valence-corrected chi connectivity index (χ1v) is 7.72. The van der Waals surface area contributed by atoms with Crippen LogP contribution in [0.1, 0.15) is 33.6 Å².